The molecule has 1 fully saturated rings. The van der Waals surface area contributed by atoms with E-state index in [0.29, 0.717) is 6.04 Å². The van der Waals surface area contributed by atoms with Gasteiger partial charge in [0.2, 0.25) is 0 Å². The van der Waals surface area contributed by atoms with Crippen molar-refractivity contribution >= 4 is 15.9 Å². The molecule has 19 heavy (non-hydrogen) atoms. The maximum Gasteiger partial charge on any atom is 0.0322 e. The van der Waals surface area contributed by atoms with Crippen LogP contribution in [0, 0.1) is 0 Å². The maximum absolute atomic E-state index is 3.60. The van der Waals surface area contributed by atoms with Gasteiger partial charge in [-0.25, -0.2) is 0 Å². The predicted octanol–water partition coefficient (Wildman–Crippen LogP) is 1.83. The lowest BCUT2D eigenvalue weighted by molar-refractivity contribution is 0.196. The minimum absolute atomic E-state index is 0.603. The van der Waals surface area contributed by atoms with Gasteiger partial charge in [-0.15, -0.1) is 0 Å². The Balaban J connectivity index is 1.73. The summed E-state index contributed by atoms with van der Waals surface area (Å²) in [6, 6.07) is 9.20. The van der Waals surface area contributed by atoms with Crippen LogP contribution in [-0.4, -0.2) is 62.7 Å². The zero-order valence-corrected chi connectivity index (χ0v) is 13.5. The van der Waals surface area contributed by atoms with Gasteiger partial charge in [0.15, 0.2) is 0 Å². The Kier molecular flexibility index (Phi) is 5.82. The number of halogens is 1. The van der Waals surface area contributed by atoms with Gasteiger partial charge in [0.25, 0.3) is 0 Å². The van der Waals surface area contributed by atoms with E-state index in [0.717, 1.165) is 39.1 Å². The number of nitrogens with zero attached hydrogens (tertiary/aromatic N) is 2. The number of hydrogen-bond acceptors (Lipinski definition) is 3. The van der Waals surface area contributed by atoms with Crippen molar-refractivity contribution in [3.05, 3.63) is 34.3 Å². The Morgan fingerprint density at radius 1 is 1.47 bits per heavy atom. The molecule has 1 saturated heterocycles. The van der Waals surface area contributed by atoms with Crippen LogP contribution < -0.4 is 5.32 Å². The number of nitrogens with one attached hydrogen (secondary N) is 1. The van der Waals surface area contributed by atoms with Gasteiger partial charge < -0.3 is 15.1 Å². The summed E-state index contributed by atoms with van der Waals surface area (Å²) >= 11 is 3.53. The summed E-state index contributed by atoms with van der Waals surface area (Å²) in [5.74, 6) is 0. The standard InChI is InChI=1S/C15H24BrN3/c1-18(11-15-12-19(2)9-7-17-15)8-6-13-4-3-5-14(16)10-13/h3-5,10,15,17H,6-9,11-12H2,1-2H3. The van der Waals surface area contributed by atoms with Gasteiger partial charge in [0.1, 0.15) is 0 Å². The Morgan fingerprint density at radius 2 is 2.32 bits per heavy atom. The summed E-state index contributed by atoms with van der Waals surface area (Å²) in [5.41, 5.74) is 1.40. The van der Waals surface area contributed by atoms with Crippen molar-refractivity contribution in [2.75, 3.05) is 46.8 Å². The molecule has 3 nitrogen and oxygen atoms in total. The van der Waals surface area contributed by atoms with Crippen LogP contribution in [0.5, 0.6) is 0 Å². The summed E-state index contributed by atoms with van der Waals surface area (Å²) in [7, 11) is 4.42. The lowest BCUT2D eigenvalue weighted by Gasteiger charge is -2.33. The highest BCUT2D eigenvalue weighted by Crippen LogP contribution is 2.12. The van der Waals surface area contributed by atoms with Gasteiger partial charge in [0, 0.05) is 43.2 Å². The fourth-order valence-corrected chi connectivity index (χ4v) is 3.04. The number of rotatable bonds is 5. The molecule has 0 saturated carbocycles. The quantitative estimate of drug-likeness (QED) is 0.891. The predicted molar refractivity (Wildman–Crippen MR) is 84.6 cm³/mol. The largest absolute Gasteiger partial charge is 0.310 e. The highest BCUT2D eigenvalue weighted by atomic mass is 79.9. The molecule has 1 unspecified atom stereocenters. The van der Waals surface area contributed by atoms with Crippen LogP contribution in [-0.2, 0) is 6.42 Å². The van der Waals surface area contributed by atoms with Crippen molar-refractivity contribution in [3.63, 3.8) is 0 Å². The van der Waals surface area contributed by atoms with Crippen LogP contribution >= 0.6 is 15.9 Å². The van der Waals surface area contributed by atoms with Crippen molar-refractivity contribution in [1.29, 1.82) is 0 Å². The first-order valence-corrected chi connectivity index (χ1v) is 7.77. The zero-order valence-electron chi connectivity index (χ0n) is 11.9. The van der Waals surface area contributed by atoms with E-state index in [1.165, 1.54) is 10.0 Å². The molecule has 1 aromatic carbocycles. The number of piperazine rings is 1. The molecule has 1 atom stereocenters. The molecule has 1 aliphatic heterocycles. The Hall–Kier alpha value is -0.420. The molecule has 0 aromatic heterocycles. The van der Waals surface area contributed by atoms with E-state index in [9.17, 15) is 0 Å². The molecule has 1 aromatic rings. The van der Waals surface area contributed by atoms with Crippen LogP contribution in [0.3, 0.4) is 0 Å². The highest BCUT2D eigenvalue weighted by Gasteiger charge is 2.17. The van der Waals surface area contributed by atoms with Crippen molar-refractivity contribution in [1.82, 2.24) is 15.1 Å². The molecule has 4 heteroatoms. The second kappa shape index (κ2) is 7.39. The van der Waals surface area contributed by atoms with Crippen molar-refractivity contribution in [2.45, 2.75) is 12.5 Å². The van der Waals surface area contributed by atoms with Crippen LogP contribution in [0.4, 0.5) is 0 Å². The average Bonchev–Trinajstić information content (AvgIpc) is 2.36. The normalized spacial score (nSPS) is 20.9. The van der Waals surface area contributed by atoms with Crippen LogP contribution in [0.15, 0.2) is 28.7 Å². The molecular formula is C15H24BrN3. The van der Waals surface area contributed by atoms with E-state index < -0.39 is 0 Å². The molecule has 0 amide bonds. The molecule has 106 valence electrons. The molecule has 0 bridgehead atoms. The molecule has 1 heterocycles. The first-order valence-electron chi connectivity index (χ1n) is 6.98. The van der Waals surface area contributed by atoms with E-state index in [1.807, 2.05) is 0 Å². The molecule has 0 spiro atoms. The van der Waals surface area contributed by atoms with Crippen molar-refractivity contribution < 1.29 is 0 Å². The fourth-order valence-electron chi connectivity index (χ4n) is 2.59. The summed E-state index contributed by atoms with van der Waals surface area (Å²) in [4.78, 5) is 4.83. The second-order valence-corrected chi connectivity index (χ2v) is 6.47. The zero-order chi connectivity index (χ0) is 13.7. The van der Waals surface area contributed by atoms with Gasteiger partial charge in [-0.2, -0.15) is 0 Å². The molecule has 0 radical (unpaired) electrons. The van der Waals surface area contributed by atoms with E-state index in [2.05, 4.69) is 69.4 Å². The third-order valence-electron chi connectivity index (χ3n) is 3.66. The smallest absolute Gasteiger partial charge is 0.0322 e. The summed E-state index contributed by atoms with van der Waals surface area (Å²) in [6.07, 6.45) is 1.11. The molecule has 2 rings (SSSR count). The molecule has 1 aliphatic rings. The van der Waals surface area contributed by atoms with E-state index in [1.54, 1.807) is 0 Å². The first kappa shape index (κ1) is 15.0. The summed E-state index contributed by atoms with van der Waals surface area (Å²) in [6.45, 7) is 5.66. The van der Waals surface area contributed by atoms with Crippen LogP contribution in [0.1, 0.15) is 5.56 Å². The lowest BCUT2D eigenvalue weighted by Crippen LogP contribution is -2.53. The topological polar surface area (TPSA) is 18.5 Å². The minimum Gasteiger partial charge on any atom is -0.310 e. The Labute approximate surface area is 125 Å². The van der Waals surface area contributed by atoms with Gasteiger partial charge in [-0.3, -0.25) is 0 Å². The monoisotopic (exact) mass is 325 g/mol. The number of likely N-dealkylation sites (N-methyl/N-ethyl adjacent to an activating group) is 2. The highest BCUT2D eigenvalue weighted by molar-refractivity contribution is 9.10. The minimum atomic E-state index is 0.603. The van der Waals surface area contributed by atoms with Crippen LogP contribution in [0.25, 0.3) is 0 Å². The van der Waals surface area contributed by atoms with Gasteiger partial charge >= 0.3 is 0 Å². The molecule has 1 N–H and O–H groups in total. The second-order valence-electron chi connectivity index (χ2n) is 5.56. The van der Waals surface area contributed by atoms with Crippen LogP contribution in [0.2, 0.25) is 0 Å². The maximum atomic E-state index is 3.60. The van der Waals surface area contributed by atoms with Gasteiger partial charge in [-0.1, -0.05) is 28.1 Å². The molecular weight excluding hydrogens is 302 g/mol. The Morgan fingerprint density at radius 3 is 3.05 bits per heavy atom. The molecule has 0 aliphatic carbocycles. The summed E-state index contributed by atoms with van der Waals surface area (Å²) < 4.78 is 1.17. The average molecular weight is 326 g/mol. The third kappa shape index (κ3) is 5.22. The first-order chi connectivity index (χ1) is 9.13. The summed E-state index contributed by atoms with van der Waals surface area (Å²) in [5, 5.41) is 3.60. The van der Waals surface area contributed by atoms with Gasteiger partial charge in [-0.05, 0) is 38.2 Å². The van der Waals surface area contributed by atoms with Gasteiger partial charge in [0.05, 0.1) is 0 Å². The van der Waals surface area contributed by atoms with E-state index in [4.69, 9.17) is 0 Å². The van der Waals surface area contributed by atoms with Crippen molar-refractivity contribution in [3.8, 4) is 0 Å². The number of benzene rings is 1. The SMILES string of the molecule is CN1CCNC(CN(C)CCc2cccc(Br)c2)C1. The van der Waals surface area contributed by atoms with E-state index in [-0.39, 0.29) is 0 Å². The third-order valence-corrected chi connectivity index (χ3v) is 4.16. The van der Waals surface area contributed by atoms with Crippen molar-refractivity contribution in [2.24, 2.45) is 0 Å². The van der Waals surface area contributed by atoms with E-state index >= 15 is 0 Å². The number of hydrogen-bond donors (Lipinski definition) is 1. The lowest BCUT2D eigenvalue weighted by atomic mass is 10.1. The fraction of sp³-hybridized carbons (Fsp3) is 0.600. The Bertz CT molecular complexity index is 397.